The van der Waals surface area contributed by atoms with Gasteiger partial charge in [-0.3, -0.25) is 4.79 Å². The number of rotatable bonds is 5. The molecule has 1 aliphatic rings. The molecule has 2 N–H and O–H groups in total. The van der Waals surface area contributed by atoms with Gasteiger partial charge in [-0.25, -0.2) is 9.78 Å². The lowest BCUT2D eigenvalue weighted by atomic mass is 9.95. The molecule has 0 fully saturated rings. The number of carbonyl (C=O) groups excluding carboxylic acids is 1. The molecule has 0 spiro atoms. The van der Waals surface area contributed by atoms with Gasteiger partial charge in [-0.1, -0.05) is 24.3 Å². The summed E-state index contributed by atoms with van der Waals surface area (Å²) in [7, 11) is 0. The van der Waals surface area contributed by atoms with Crippen LogP contribution in [0.4, 0.5) is 0 Å². The van der Waals surface area contributed by atoms with Gasteiger partial charge in [0, 0.05) is 0 Å². The van der Waals surface area contributed by atoms with Gasteiger partial charge in [-0.2, -0.15) is 0 Å². The molecule has 0 aliphatic carbocycles. The van der Waals surface area contributed by atoms with Gasteiger partial charge in [0.25, 0.3) is 0 Å². The summed E-state index contributed by atoms with van der Waals surface area (Å²) in [4.78, 5) is 28.0. The van der Waals surface area contributed by atoms with Crippen LogP contribution in [0.25, 0.3) is 0 Å². The van der Waals surface area contributed by atoms with Crippen LogP contribution in [-0.4, -0.2) is 28.6 Å². The van der Waals surface area contributed by atoms with E-state index in [4.69, 9.17) is 9.84 Å². The first kappa shape index (κ1) is 17.6. The van der Waals surface area contributed by atoms with Gasteiger partial charge in [0.05, 0.1) is 30.9 Å². The zero-order valence-electron chi connectivity index (χ0n) is 14.1. The van der Waals surface area contributed by atoms with Gasteiger partial charge in [0.2, 0.25) is 5.91 Å². The van der Waals surface area contributed by atoms with E-state index in [9.17, 15) is 9.59 Å². The van der Waals surface area contributed by atoms with E-state index in [1.54, 1.807) is 13.8 Å². The number of amides is 1. The standard InChI is InChI=1S/C18H20N2O4S/c1-10-16(18(22)23)25-17(20-10)11(2)19-15(21)9-14-13-6-4-3-5-12(13)7-8-24-14/h3-6,11,14H,7-9H2,1-2H3,(H,19,21)(H,22,23). The fourth-order valence-corrected chi connectivity index (χ4v) is 3.89. The predicted molar refractivity (Wildman–Crippen MR) is 93.8 cm³/mol. The first-order chi connectivity index (χ1) is 12.0. The summed E-state index contributed by atoms with van der Waals surface area (Å²) in [5.41, 5.74) is 2.76. The van der Waals surface area contributed by atoms with E-state index in [0.29, 0.717) is 17.3 Å². The van der Waals surface area contributed by atoms with Crippen molar-refractivity contribution in [2.45, 2.75) is 38.8 Å². The minimum atomic E-state index is -0.994. The number of aryl methyl sites for hydroxylation is 1. The highest BCUT2D eigenvalue weighted by molar-refractivity contribution is 7.13. The molecule has 2 unspecified atom stereocenters. The van der Waals surface area contributed by atoms with Crippen LogP contribution in [0.2, 0.25) is 0 Å². The summed E-state index contributed by atoms with van der Waals surface area (Å²) in [6.07, 6.45) is 0.850. The Kier molecular flexibility index (Phi) is 5.15. The maximum atomic E-state index is 12.4. The van der Waals surface area contributed by atoms with Crippen molar-refractivity contribution in [3.05, 3.63) is 51.0 Å². The SMILES string of the molecule is Cc1nc(C(C)NC(=O)CC2OCCc3ccccc32)sc1C(=O)O. The van der Waals surface area contributed by atoms with Crippen LogP contribution in [0.3, 0.4) is 0 Å². The number of ether oxygens (including phenoxy) is 1. The molecule has 1 aromatic carbocycles. The first-order valence-corrected chi connectivity index (χ1v) is 8.96. The molecule has 3 rings (SSSR count). The van der Waals surface area contributed by atoms with Crippen molar-refractivity contribution in [2.24, 2.45) is 0 Å². The van der Waals surface area contributed by atoms with Crippen molar-refractivity contribution in [3.8, 4) is 0 Å². The third kappa shape index (κ3) is 3.88. The van der Waals surface area contributed by atoms with Gasteiger partial charge in [-0.15, -0.1) is 11.3 Å². The minimum Gasteiger partial charge on any atom is -0.477 e. The van der Waals surface area contributed by atoms with Crippen LogP contribution >= 0.6 is 11.3 Å². The Hall–Kier alpha value is -2.25. The second kappa shape index (κ2) is 7.33. The van der Waals surface area contributed by atoms with E-state index in [2.05, 4.69) is 16.4 Å². The molecule has 0 saturated carbocycles. The van der Waals surface area contributed by atoms with Crippen LogP contribution in [0, 0.1) is 6.92 Å². The number of nitrogens with one attached hydrogen (secondary N) is 1. The van der Waals surface area contributed by atoms with E-state index in [-0.39, 0.29) is 29.4 Å². The van der Waals surface area contributed by atoms with Crippen molar-refractivity contribution in [3.63, 3.8) is 0 Å². The Morgan fingerprint density at radius 2 is 2.20 bits per heavy atom. The summed E-state index contributed by atoms with van der Waals surface area (Å²) >= 11 is 1.10. The summed E-state index contributed by atoms with van der Waals surface area (Å²) in [5.74, 6) is -1.13. The summed E-state index contributed by atoms with van der Waals surface area (Å²) < 4.78 is 5.77. The minimum absolute atomic E-state index is 0.140. The Morgan fingerprint density at radius 3 is 2.92 bits per heavy atom. The number of nitrogens with zero attached hydrogens (tertiary/aromatic N) is 1. The van der Waals surface area contributed by atoms with Crippen molar-refractivity contribution in [1.82, 2.24) is 10.3 Å². The topological polar surface area (TPSA) is 88.5 Å². The molecule has 6 nitrogen and oxygen atoms in total. The Bertz CT molecular complexity index is 802. The molecular weight excluding hydrogens is 340 g/mol. The maximum absolute atomic E-state index is 12.4. The fourth-order valence-electron chi connectivity index (χ4n) is 2.98. The summed E-state index contributed by atoms with van der Waals surface area (Å²) in [6.45, 7) is 4.07. The molecule has 132 valence electrons. The molecule has 2 heterocycles. The molecule has 0 bridgehead atoms. The highest BCUT2D eigenvalue weighted by Gasteiger charge is 2.25. The Morgan fingerprint density at radius 1 is 1.44 bits per heavy atom. The van der Waals surface area contributed by atoms with Gasteiger partial charge < -0.3 is 15.2 Å². The average molecular weight is 360 g/mol. The Balaban J connectivity index is 1.65. The monoisotopic (exact) mass is 360 g/mol. The van der Waals surface area contributed by atoms with Crippen LogP contribution in [-0.2, 0) is 16.0 Å². The van der Waals surface area contributed by atoms with Crippen molar-refractivity contribution < 1.29 is 19.4 Å². The number of hydrogen-bond acceptors (Lipinski definition) is 5. The average Bonchev–Trinajstić information content (AvgIpc) is 2.97. The molecule has 0 radical (unpaired) electrons. The smallest absolute Gasteiger partial charge is 0.347 e. The normalized spacial score (nSPS) is 17.6. The van der Waals surface area contributed by atoms with Crippen LogP contribution in [0.5, 0.6) is 0 Å². The van der Waals surface area contributed by atoms with E-state index >= 15 is 0 Å². The number of aromatic nitrogens is 1. The molecule has 2 atom stereocenters. The highest BCUT2D eigenvalue weighted by atomic mass is 32.1. The molecular formula is C18H20N2O4S. The fraction of sp³-hybridized carbons (Fsp3) is 0.389. The third-order valence-corrected chi connectivity index (χ3v) is 5.55. The lowest BCUT2D eigenvalue weighted by Crippen LogP contribution is -2.29. The highest BCUT2D eigenvalue weighted by Crippen LogP contribution is 2.30. The lowest BCUT2D eigenvalue weighted by molar-refractivity contribution is -0.125. The largest absolute Gasteiger partial charge is 0.477 e. The summed E-state index contributed by atoms with van der Waals surface area (Å²) in [6, 6.07) is 7.67. The molecule has 25 heavy (non-hydrogen) atoms. The quantitative estimate of drug-likeness (QED) is 0.856. The maximum Gasteiger partial charge on any atom is 0.347 e. The van der Waals surface area contributed by atoms with Gasteiger partial charge in [-0.05, 0) is 31.4 Å². The second-order valence-corrected chi connectivity index (χ2v) is 7.10. The molecule has 0 saturated heterocycles. The molecule has 7 heteroatoms. The van der Waals surface area contributed by atoms with Gasteiger partial charge in [0.1, 0.15) is 9.88 Å². The van der Waals surface area contributed by atoms with Crippen LogP contribution in [0.15, 0.2) is 24.3 Å². The van der Waals surface area contributed by atoms with Crippen LogP contribution in [0.1, 0.15) is 57.0 Å². The lowest BCUT2D eigenvalue weighted by Gasteiger charge is -2.26. The number of fused-ring (bicyclic) bond motifs is 1. The Labute approximate surface area is 149 Å². The van der Waals surface area contributed by atoms with Gasteiger partial charge in [0.15, 0.2) is 0 Å². The molecule has 1 aliphatic heterocycles. The van der Waals surface area contributed by atoms with E-state index in [1.807, 2.05) is 18.2 Å². The zero-order chi connectivity index (χ0) is 18.0. The number of hydrogen-bond donors (Lipinski definition) is 2. The zero-order valence-corrected chi connectivity index (χ0v) is 14.9. The van der Waals surface area contributed by atoms with Gasteiger partial charge >= 0.3 is 5.97 Å². The third-order valence-electron chi connectivity index (χ3n) is 4.22. The van der Waals surface area contributed by atoms with Crippen molar-refractivity contribution in [1.29, 1.82) is 0 Å². The van der Waals surface area contributed by atoms with Crippen molar-refractivity contribution in [2.75, 3.05) is 6.61 Å². The molecule has 2 aromatic rings. The molecule has 1 aromatic heterocycles. The number of thiazole rings is 1. The number of carboxylic acids is 1. The summed E-state index contributed by atoms with van der Waals surface area (Å²) in [5, 5.41) is 12.6. The van der Waals surface area contributed by atoms with E-state index in [0.717, 1.165) is 23.3 Å². The first-order valence-electron chi connectivity index (χ1n) is 8.15. The van der Waals surface area contributed by atoms with Crippen molar-refractivity contribution >= 4 is 23.2 Å². The molecule has 1 amide bonds. The number of aromatic carboxylic acids is 1. The number of carboxylic acid groups (broad SMARTS) is 1. The van der Waals surface area contributed by atoms with E-state index in [1.165, 1.54) is 5.56 Å². The van der Waals surface area contributed by atoms with E-state index < -0.39 is 5.97 Å². The second-order valence-electron chi connectivity index (χ2n) is 6.07. The predicted octanol–water partition coefficient (Wildman–Crippen LogP) is 3.03. The number of carbonyl (C=O) groups is 2. The van der Waals surface area contributed by atoms with Crippen LogP contribution < -0.4 is 5.32 Å². The number of benzene rings is 1.